The van der Waals surface area contributed by atoms with Crippen molar-refractivity contribution in [3.8, 4) is 0 Å². The van der Waals surface area contributed by atoms with Gasteiger partial charge in [-0.25, -0.2) is 18.1 Å². The van der Waals surface area contributed by atoms with Crippen LogP contribution in [-0.4, -0.2) is 31.1 Å². The molecule has 0 aromatic carbocycles. The fourth-order valence-corrected chi connectivity index (χ4v) is 3.93. The Morgan fingerprint density at radius 2 is 2.30 bits per heavy atom. The molecule has 20 heavy (non-hydrogen) atoms. The lowest BCUT2D eigenvalue weighted by Gasteiger charge is -2.05. The predicted octanol–water partition coefficient (Wildman–Crippen LogP) is 1.03. The van der Waals surface area contributed by atoms with Crippen molar-refractivity contribution in [2.45, 2.75) is 24.2 Å². The molecule has 0 saturated carbocycles. The summed E-state index contributed by atoms with van der Waals surface area (Å²) in [6, 6.07) is 1.72. The molecular weight excluding hydrogens is 296 g/mol. The Hall–Kier alpha value is -1.22. The second-order valence-electron chi connectivity index (χ2n) is 4.25. The van der Waals surface area contributed by atoms with Gasteiger partial charge in [0.1, 0.15) is 4.21 Å². The predicted molar refractivity (Wildman–Crippen MR) is 79.1 cm³/mol. The Morgan fingerprint density at radius 1 is 1.45 bits per heavy atom. The normalized spacial score (nSPS) is 11.8. The van der Waals surface area contributed by atoms with E-state index in [1.54, 1.807) is 24.8 Å². The minimum atomic E-state index is -3.41. The van der Waals surface area contributed by atoms with E-state index < -0.39 is 10.0 Å². The van der Waals surface area contributed by atoms with E-state index >= 15 is 0 Å². The first-order chi connectivity index (χ1) is 9.62. The van der Waals surface area contributed by atoms with Crippen LogP contribution in [0, 0.1) is 0 Å². The van der Waals surface area contributed by atoms with E-state index in [4.69, 9.17) is 0 Å². The lowest BCUT2D eigenvalue weighted by molar-refractivity contribution is 0.574. The second kappa shape index (κ2) is 6.98. The highest BCUT2D eigenvalue weighted by molar-refractivity contribution is 7.91. The molecule has 2 heterocycles. The molecule has 0 fully saturated rings. The summed E-state index contributed by atoms with van der Waals surface area (Å²) in [4.78, 5) is 3.91. The zero-order valence-corrected chi connectivity index (χ0v) is 12.9. The molecule has 110 valence electrons. The Morgan fingerprint density at radius 3 is 3.00 bits per heavy atom. The van der Waals surface area contributed by atoms with Gasteiger partial charge in [-0.05, 0) is 23.6 Å². The van der Waals surface area contributed by atoms with Gasteiger partial charge in [-0.15, -0.1) is 11.3 Å². The first-order valence-corrected chi connectivity index (χ1v) is 8.71. The van der Waals surface area contributed by atoms with Gasteiger partial charge in [0, 0.05) is 32.0 Å². The van der Waals surface area contributed by atoms with Gasteiger partial charge in [0.05, 0.1) is 6.33 Å². The van der Waals surface area contributed by atoms with Crippen LogP contribution >= 0.6 is 11.3 Å². The molecular formula is C12H18N4O2S2. The largest absolute Gasteiger partial charge is 0.336 e. The van der Waals surface area contributed by atoms with E-state index in [0.717, 1.165) is 12.1 Å². The molecule has 0 aliphatic rings. The first-order valence-electron chi connectivity index (χ1n) is 6.35. The maximum Gasteiger partial charge on any atom is 0.250 e. The van der Waals surface area contributed by atoms with E-state index in [0.29, 0.717) is 23.8 Å². The van der Waals surface area contributed by atoms with Gasteiger partial charge in [0.25, 0.3) is 0 Å². The summed E-state index contributed by atoms with van der Waals surface area (Å²) in [7, 11) is -3.41. The number of nitrogens with one attached hydrogen (secondary N) is 2. The lowest BCUT2D eigenvalue weighted by Crippen LogP contribution is -2.26. The molecule has 2 N–H and O–H groups in total. The molecule has 0 amide bonds. The topological polar surface area (TPSA) is 76.0 Å². The Balaban J connectivity index is 1.90. The molecule has 0 unspecified atom stereocenters. The average molecular weight is 314 g/mol. The lowest BCUT2D eigenvalue weighted by atomic mass is 10.3. The van der Waals surface area contributed by atoms with Gasteiger partial charge in [0.2, 0.25) is 10.0 Å². The minimum Gasteiger partial charge on any atom is -0.336 e. The fourth-order valence-electron chi connectivity index (χ4n) is 1.66. The zero-order valence-electron chi connectivity index (χ0n) is 11.2. The number of hydrogen-bond acceptors (Lipinski definition) is 5. The molecule has 0 bridgehead atoms. The number of rotatable bonds is 8. The highest BCUT2D eigenvalue weighted by Crippen LogP contribution is 2.19. The van der Waals surface area contributed by atoms with Gasteiger partial charge >= 0.3 is 0 Å². The second-order valence-corrected chi connectivity index (χ2v) is 7.16. The average Bonchev–Trinajstić information content (AvgIpc) is 3.07. The quantitative estimate of drug-likeness (QED) is 0.763. The van der Waals surface area contributed by atoms with Gasteiger partial charge in [-0.2, -0.15) is 0 Å². The highest BCUT2D eigenvalue weighted by atomic mass is 32.2. The summed E-state index contributed by atoms with van der Waals surface area (Å²) >= 11 is 1.25. The van der Waals surface area contributed by atoms with Gasteiger partial charge in [-0.3, -0.25) is 0 Å². The molecule has 2 rings (SSSR count). The van der Waals surface area contributed by atoms with Gasteiger partial charge in [-0.1, -0.05) is 6.92 Å². The van der Waals surface area contributed by atoms with Crippen LogP contribution in [0.5, 0.6) is 0 Å². The van der Waals surface area contributed by atoms with Crippen molar-refractivity contribution in [3.05, 3.63) is 35.7 Å². The van der Waals surface area contributed by atoms with Crippen molar-refractivity contribution in [1.29, 1.82) is 0 Å². The molecule has 0 spiro atoms. The summed E-state index contributed by atoms with van der Waals surface area (Å²) < 4.78 is 29.0. The highest BCUT2D eigenvalue weighted by Gasteiger charge is 2.15. The molecule has 8 heteroatoms. The first kappa shape index (κ1) is 15.2. The van der Waals surface area contributed by atoms with Gasteiger partial charge in [0.15, 0.2) is 0 Å². The van der Waals surface area contributed by atoms with Crippen LogP contribution < -0.4 is 10.0 Å². The molecule has 0 aliphatic heterocycles. The van der Waals surface area contributed by atoms with E-state index in [9.17, 15) is 8.42 Å². The van der Waals surface area contributed by atoms with Crippen LogP contribution in [0.2, 0.25) is 0 Å². The molecule has 0 radical (unpaired) electrons. The van der Waals surface area contributed by atoms with Crippen molar-refractivity contribution in [1.82, 2.24) is 19.6 Å². The standard InChI is InChI=1S/C12H18N4O2S2/c1-2-13-8-11-7-12(19-9-11)20(17,18)15-4-6-16-5-3-14-10-16/h3,5,7,9-10,13,15H,2,4,6,8H2,1H3. The maximum atomic E-state index is 12.1. The van der Waals surface area contributed by atoms with Crippen molar-refractivity contribution < 1.29 is 8.42 Å². The number of nitrogens with zero attached hydrogens (tertiary/aromatic N) is 2. The zero-order chi connectivity index (χ0) is 14.4. The fraction of sp³-hybridized carbons (Fsp3) is 0.417. The smallest absolute Gasteiger partial charge is 0.250 e. The van der Waals surface area contributed by atoms with Crippen molar-refractivity contribution in [3.63, 3.8) is 0 Å². The molecule has 0 saturated heterocycles. The number of thiophene rings is 1. The van der Waals surface area contributed by atoms with Crippen molar-refractivity contribution >= 4 is 21.4 Å². The molecule has 6 nitrogen and oxygen atoms in total. The maximum absolute atomic E-state index is 12.1. The monoisotopic (exact) mass is 314 g/mol. The molecule has 0 atom stereocenters. The van der Waals surface area contributed by atoms with Gasteiger partial charge < -0.3 is 9.88 Å². The summed E-state index contributed by atoms with van der Waals surface area (Å²) in [5.41, 5.74) is 0.992. The molecule has 2 aromatic rings. The van der Waals surface area contributed by atoms with Crippen LogP contribution in [0.1, 0.15) is 12.5 Å². The van der Waals surface area contributed by atoms with Crippen LogP contribution in [0.4, 0.5) is 0 Å². The Kier molecular flexibility index (Phi) is 5.30. The number of imidazole rings is 1. The van der Waals surface area contributed by atoms with Crippen LogP contribution in [0.3, 0.4) is 0 Å². The Labute approximate surface area is 122 Å². The number of hydrogen-bond donors (Lipinski definition) is 2. The van der Waals surface area contributed by atoms with Crippen molar-refractivity contribution in [2.75, 3.05) is 13.1 Å². The molecule has 2 aromatic heterocycles. The summed E-state index contributed by atoms with van der Waals surface area (Å²) in [6.07, 6.45) is 5.13. The van der Waals surface area contributed by atoms with Crippen LogP contribution in [0.25, 0.3) is 0 Å². The van der Waals surface area contributed by atoms with Crippen LogP contribution in [-0.2, 0) is 23.1 Å². The third-order valence-electron chi connectivity index (χ3n) is 2.69. The van der Waals surface area contributed by atoms with E-state index in [1.165, 1.54) is 11.3 Å². The summed E-state index contributed by atoms with van der Waals surface area (Å²) in [5, 5.41) is 5.04. The van der Waals surface area contributed by atoms with E-state index in [1.807, 2.05) is 16.9 Å². The third kappa shape index (κ3) is 4.14. The molecule has 0 aliphatic carbocycles. The Bertz CT molecular complexity index is 620. The SMILES string of the molecule is CCNCc1csc(S(=O)(=O)NCCn2ccnc2)c1. The minimum absolute atomic E-state index is 0.346. The number of aromatic nitrogens is 2. The van der Waals surface area contributed by atoms with E-state index in [2.05, 4.69) is 15.0 Å². The third-order valence-corrected chi connectivity index (χ3v) is 5.64. The summed E-state index contributed by atoms with van der Waals surface area (Å²) in [6.45, 7) is 4.48. The number of sulfonamides is 1. The summed E-state index contributed by atoms with van der Waals surface area (Å²) in [5.74, 6) is 0. The van der Waals surface area contributed by atoms with Crippen LogP contribution in [0.15, 0.2) is 34.4 Å². The van der Waals surface area contributed by atoms with E-state index in [-0.39, 0.29) is 0 Å². The van der Waals surface area contributed by atoms with Crippen molar-refractivity contribution in [2.24, 2.45) is 0 Å².